The third kappa shape index (κ3) is 2.48. The molecule has 2 fully saturated rings. The van der Waals surface area contributed by atoms with Crippen molar-refractivity contribution >= 4 is 18.2 Å². The summed E-state index contributed by atoms with van der Waals surface area (Å²) in [7, 11) is 0. The van der Waals surface area contributed by atoms with Gasteiger partial charge in [0.2, 0.25) is 0 Å². The van der Waals surface area contributed by atoms with Crippen molar-refractivity contribution < 1.29 is 5.11 Å². The first-order chi connectivity index (χ1) is 9.50. The quantitative estimate of drug-likeness (QED) is 0.655. The fourth-order valence-electron chi connectivity index (χ4n) is 3.74. The van der Waals surface area contributed by atoms with Gasteiger partial charge in [0, 0.05) is 17.0 Å². The van der Waals surface area contributed by atoms with Crippen LogP contribution in [-0.4, -0.2) is 16.6 Å². The van der Waals surface area contributed by atoms with Crippen molar-refractivity contribution in [2.24, 2.45) is 27.6 Å². The molecule has 2 aliphatic carbocycles. The highest BCUT2D eigenvalue weighted by molar-refractivity contribution is 7.98. The van der Waals surface area contributed by atoms with Crippen molar-refractivity contribution in [2.75, 3.05) is 0 Å². The average molecular weight is 289 g/mol. The number of aromatic hydroxyl groups is 1. The Hall–Kier alpha value is -0.960. The molecule has 0 aromatic heterocycles. The standard InChI is InChI=1S/C17H23NOS/c1-11-8-13-14(17(13,2)3)9-16(11)20-18-10-12-6-4-5-7-15(12)19/h4-7,10-11,13-14,16,19H,8-9H2,1-3H3/b18-10+/t11-,13+,14-,16+/m1/s1. The molecule has 3 rings (SSSR count). The highest BCUT2D eigenvalue weighted by Crippen LogP contribution is 2.66. The van der Waals surface area contributed by atoms with Gasteiger partial charge in [0.25, 0.3) is 0 Å². The van der Waals surface area contributed by atoms with Gasteiger partial charge < -0.3 is 5.11 Å². The molecule has 0 saturated heterocycles. The summed E-state index contributed by atoms with van der Waals surface area (Å²) < 4.78 is 4.51. The lowest BCUT2D eigenvalue weighted by Gasteiger charge is -2.25. The number of fused-ring (bicyclic) bond motifs is 1. The molecule has 0 bridgehead atoms. The van der Waals surface area contributed by atoms with E-state index in [1.54, 1.807) is 24.2 Å². The average Bonchev–Trinajstić information content (AvgIpc) is 2.93. The third-order valence-electron chi connectivity index (χ3n) is 5.36. The zero-order valence-corrected chi connectivity index (χ0v) is 13.2. The molecule has 2 saturated carbocycles. The van der Waals surface area contributed by atoms with E-state index >= 15 is 0 Å². The Bertz CT molecular complexity index is 525. The van der Waals surface area contributed by atoms with Crippen molar-refractivity contribution in [2.45, 2.75) is 38.9 Å². The molecular weight excluding hydrogens is 266 g/mol. The topological polar surface area (TPSA) is 32.6 Å². The van der Waals surface area contributed by atoms with Crippen LogP contribution in [0.1, 0.15) is 39.2 Å². The normalized spacial score (nSPS) is 35.0. The molecule has 1 aromatic rings. The predicted octanol–water partition coefficient (Wildman–Crippen LogP) is 4.53. The number of phenols is 1. The van der Waals surface area contributed by atoms with Gasteiger partial charge in [0.15, 0.2) is 0 Å². The number of nitrogens with zero attached hydrogens (tertiary/aromatic N) is 1. The van der Waals surface area contributed by atoms with Gasteiger partial charge >= 0.3 is 0 Å². The van der Waals surface area contributed by atoms with Crippen molar-refractivity contribution in [3.8, 4) is 5.75 Å². The molecule has 0 radical (unpaired) electrons. The Labute approximate surface area is 125 Å². The summed E-state index contributed by atoms with van der Waals surface area (Å²) in [5, 5.41) is 10.3. The molecule has 0 heterocycles. The Kier molecular flexibility index (Phi) is 3.57. The van der Waals surface area contributed by atoms with E-state index in [4.69, 9.17) is 0 Å². The van der Waals surface area contributed by atoms with Crippen molar-refractivity contribution in [3.05, 3.63) is 29.8 Å². The second-order valence-corrected chi connectivity index (χ2v) is 7.95. The minimum atomic E-state index is 0.303. The highest BCUT2D eigenvalue weighted by Gasteiger charge is 2.60. The Morgan fingerprint density at radius 2 is 1.95 bits per heavy atom. The van der Waals surface area contributed by atoms with Gasteiger partial charge in [-0.3, -0.25) is 0 Å². The molecule has 2 nitrogen and oxygen atoms in total. The lowest BCUT2D eigenvalue weighted by atomic mass is 9.90. The largest absolute Gasteiger partial charge is 0.507 e. The SMILES string of the molecule is C[C@@H]1C[C@H]2[C@@H](C[C@@H]1S/N=C/c1ccccc1O)C2(C)C. The van der Waals surface area contributed by atoms with E-state index in [2.05, 4.69) is 25.2 Å². The molecule has 0 amide bonds. The fraction of sp³-hybridized carbons (Fsp3) is 0.588. The van der Waals surface area contributed by atoms with Gasteiger partial charge in [-0.2, -0.15) is 0 Å². The van der Waals surface area contributed by atoms with Crippen LogP contribution >= 0.6 is 11.9 Å². The summed E-state index contributed by atoms with van der Waals surface area (Å²) in [4.78, 5) is 0. The number of para-hydroxylation sites is 1. The fourth-order valence-corrected chi connectivity index (χ4v) is 4.68. The van der Waals surface area contributed by atoms with Crippen molar-refractivity contribution in [1.29, 1.82) is 0 Å². The molecule has 0 unspecified atom stereocenters. The minimum absolute atomic E-state index is 0.303. The minimum Gasteiger partial charge on any atom is -0.507 e. The zero-order valence-electron chi connectivity index (χ0n) is 12.4. The van der Waals surface area contributed by atoms with Crippen LogP contribution in [0.25, 0.3) is 0 Å². The predicted molar refractivity (Wildman–Crippen MR) is 86.2 cm³/mol. The summed E-state index contributed by atoms with van der Waals surface area (Å²) in [6, 6.07) is 7.35. The molecule has 0 aliphatic heterocycles. The van der Waals surface area contributed by atoms with E-state index in [1.807, 2.05) is 18.2 Å². The maximum Gasteiger partial charge on any atom is 0.124 e. The van der Waals surface area contributed by atoms with Gasteiger partial charge in [-0.15, -0.1) is 0 Å². The summed E-state index contributed by atoms with van der Waals surface area (Å²) in [6.07, 6.45) is 4.43. The van der Waals surface area contributed by atoms with Crippen LogP contribution in [0.3, 0.4) is 0 Å². The van der Waals surface area contributed by atoms with E-state index in [0.717, 1.165) is 23.3 Å². The molecule has 2 aliphatic rings. The van der Waals surface area contributed by atoms with Crippen LogP contribution in [0.4, 0.5) is 0 Å². The number of benzene rings is 1. The second kappa shape index (κ2) is 5.10. The summed E-state index contributed by atoms with van der Waals surface area (Å²) in [5.41, 5.74) is 1.36. The van der Waals surface area contributed by atoms with Crippen molar-refractivity contribution in [1.82, 2.24) is 0 Å². The van der Waals surface area contributed by atoms with Crippen molar-refractivity contribution in [3.63, 3.8) is 0 Å². The van der Waals surface area contributed by atoms with Crippen LogP contribution in [-0.2, 0) is 0 Å². The van der Waals surface area contributed by atoms with E-state index in [0.29, 0.717) is 16.4 Å². The van der Waals surface area contributed by atoms with Gasteiger partial charge in [-0.05, 0) is 60.1 Å². The molecule has 3 heteroatoms. The Morgan fingerprint density at radius 3 is 2.70 bits per heavy atom. The monoisotopic (exact) mass is 289 g/mol. The molecule has 0 spiro atoms. The van der Waals surface area contributed by atoms with Gasteiger partial charge in [0.1, 0.15) is 5.75 Å². The lowest BCUT2D eigenvalue weighted by molar-refractivity contribution is 0.379. The Balaban J connectivity index is 1.60. The summed E-state index contributed by atoms with van der Waals surface area (Å²) in [6.45, 7) is 7.18. The number of phenolic OH excluding ortho intramolecular Hbond substituents is 1. The number of hydrogen-bond acceptors (Lipinski definition) is 3. The van der Waals surface area contributed by atoms with Crippen LogP contribution in [0.2, 0.25) is 0 Å². The van der Waals surface area contributed by atoms with Gasteiger partial charge in [0.05, 0.1) is 0 Å². The van der Waals surface area contributed by atoms with E-state index in [1.165, 1.54) is 12.8 Å². The highest BCUT2D eigenvalue weighted by atomic mass is 32.2. The smallest absolute Gasteiger partial charge is 0.124 e. The van der Waals surface area contributed by atoms with E-state index in [-0.39, 0.29) is 0 Å². The van der Waals surface area contributed by atoms with Gasteiger partial charge in [-0.1, -0.05) is 32.9 Å². The number of rotatable bonds is 3. The van der Waals surface area contributed by atoms with E-state index in [9.17, 15) is 5.11 Å². The maximum atomic E-state index is 9.72. The first-order valence-electron chi connectivity index (χ1n) is 7.47. The van der Waals surface area contributed by atoms with Gasteiger partial charge in [-0.25, -0.2) is 4.40 Å². The molecule has 20 heavy (non-hydrogen) atoms. The first-order valence-corrected chi connectivity index (χ1v) is 8.31. The van der Waals surface area contributed by atoms with Crippen LogP contribution < -0.4 is 0 Å². The van der Waals surface area contributed by atoms with E-state index < -0.39 is 0 Å². The Morgan fingerprint density at radius 1 is 1.25 bits per heavy atom. The molecule has 1 N–H and O–H groups in total. The van der Waals surface area contributed by atoms with Crippen LogP contribution in [0, 0.1) is 23.2 Å². The molecule has 4 atom stereocenters. The summed E-state index contributed by atoms with van der Waals surface area (Å²) >= 11 is 1.70. The van der Waals surface area contributed by atoms with Crippen LogP contribution in [0.15, 0.2) is 28.7 Å². The molecule has 1 aromatic carbocycles. The molecular formula is C17H23NOS. The third-order valence-corrected chi connectivity index (χ3v) is 6.51. The summed E-state index contributed by atoms with van der Waals surface area (Å²) in [5.74, 6) is 2.88. The molecule has 108 valence electrons. The zero-order chi connectivity index (χ0) is 14.3. The maximum absolute atomic E-state index is 9.72. The number of hydrogen-bond donors (Lipinski definition) is 1. The second-order valence-electron chi connectivity index (χ2n) is 6.92. The first kappa shape index (κ1) is 14.0. The van der Waals surface area contributed by atoms with Crippen LogP contribution in [0.5, 0.6) is 5.75 Å². The lowest BCUT2D eigenvalue weighted by Crippen LogP contribution is -2.20.